The van der Waals surface area contributed by atoms with Crippen molar-refractivity contribution < 1.29 is 19.5 Å². The molecule has 0 aromatic carbocycles. The lowest BCUT2D eigenvalue weighted by molar-refractivity contribution is -0.816. The number of hydrogen-bond acceptors (Lipinski definition) is 7. The molecular formula is C20H28N5O3+. The first-order chi connectivity index (χ1) is 12.9. The van der Waals surface area contributed by atoms with E-state index in [1.165, 1.54) is 0 Å². The molecule has 28 heavy (non-hydrogen) atoms. The van der Waals surface area contributed by atoms with E-state index in [1.54, 1.807) is 33.9 Å². The van der Waals surface area contributed by atoms with E-state index in [-0.39, 0.29) is 12.3 Å². The molecule has 2 heterocycles. The van der Waals surface area contributed by atoms with Crippen LogP contribution in [-0.4, -0.2) is 47.6 Å². The number of carbonyl (C=O) groups excluding carboxylic acids is 1. The molecule has 1 N–H and O–H groups in total. The minimum Gasteiger partial charge on any atom is -0.454 e. The van der Waals surface area contributed by atoms with Gasteiger partial charge in [0.15, 0.2) is 11.4 Å². The molecule has 2 aromatic rings. The summed E-state index contributed by atoms with van der Waals surface area (Å²) in [5.41, 5.74) is 4.11. The fourth-order valence-electron chi connectivity index (χ4n) is 2.35. The van der Waals surface area contributed by atoms with Crippen LogP contribution >= 0.6 is 0 Å². The molecule has 2 aromatic heterocycles. The summed E-state index contributed by atoms with van der Waals surface area (Å²) in [5.74, 6) is -0.545. The Morgan fingerprint density at radius 1 is 0.929 bits per heavy atom. The van der Waals surface area contributed by atoms with Gasteiger partial charge in [-0.3, -0.25) is 15.2 Å². The first-order valence-corrected chi connectivity index (χ1v) is 9.06. The van der Waals surface area contributed by atoms with Crippen molar-refractivity contribution in [1.82, 2.24) is 19.9 Å². The molecule has 0 saturated heterocycles. The van der Waals surface area contributed by atoms with Gasteiger partial charge in [0.05, 0.1) is 34.2 Å². The maximum absolute atomic E-state index is 12.4. The van der Waals surface area contributed by atoms with Gasteiger partial charge in [-0.05, 0) is 39.4 Å². The first-order valence-electron chi connectivity index (χ1n) is 9.06. The van der Waals surface area contributed by atoms with Gasteiger partial charge in [0.25, 0.3) is 0 Å². The zero-order chi connectivity index (χ0) is 21.2. The van der Waals surface area contributed by atoms with Crippen LogP contribution in [0.15, 0.2) is 0 Å². The summed E-state index contributed by atoms with van der Waals surface area (Å²) in [4.78, 5) is 30.0. The molecule has 0 spiro atoms. The summed E-state index contributed by atoms with van der Waals surface area (Å²) < 4.78 is 6.49. The predicted octanol–water partition coefficient (Wildman–Crippen LogP) is 2.78. The number of hydrogen-bond donors (Lipinski definition) is 1. The summed E-state index contributed by atoms with van der Waals surface area (Å²) in [6.45, 7) is 14.6. The molecule has 0 unspecified atom stereocenters. The van der Waals surface area contributed by atoms with Gasteiger partial charge >= 0.3 is 5.97 Å². The highest BCUT2D eigenvalue weighted by molar-refractivity contribution is 5.88. The van der Waals surface area contributed by atoms with Crippen LogP contribution in [0.4, 0.5) is 0 Å². The average molecular weight is 386 g/mol. The molecule has 0 radical (unpaired) electrons. The molecule has 8 nitrogen and oxygen atoms in total. The van der Waals surface area contributed by atoms with Crippen LogP contribution in [0.3, 0.4) is 0 Å². The smallest absolute Gasteiger partial charge is 0.359 e. The molecule has 0 aliphatic carbocycles. The van der Waals surface area contributed by atoms with Gasteiger partial charge in [0, 0.05) is 20.8 Å². The van der Waals surface area contributed by atoms with Gasteiger partial charge in [-0.1, -0.05) is 0 Å². The molecule has 2 rings (SSSR count). The summed E-state index contributed by atoms with van der Waals surface area (Å²) in [6.07, 6.45) is 1.54. The predicted molar refractivity (Wildman–Crippen MR) is 104 cm³/mol. The zero-order valence-corrected chi connectivity index (χ0v) is 17.8. The van der Waals surface area contributed by atoms with Crippen LogP contribution in [0.2, 0.25) is 0 Å². The maximum Gasteiger partial charge on any atom is 0.359 e. The van der Waals surface area contributed by atoms with Crippen LogP contribution in [0.25, 0.3) is 0 Å². The van der Waals surface area contributed by atoms with Crippen LogP contribution in [-0.2, 0) is 11.3 Å². The quantitative estimate of drug-likeness (QED) is 0.283. The van der Waals surface area contributed by atoms with E-state index in [1.807, 2.05) is 27.7 Å². The van der Waals surface area contributed by atoms with Gasteiger partial charge in [-0.15, -0.1) is 0 Å². The Bertz CT molecular complexity index is 946. The van der Waals surface area contributed by atoms with Crippen LogP contribution in [0.5, 0.6) is 0 Å². The monoisotopic (exact) mass is 386 g/mol. The Labute approximate surface area is 165 Å². The maximum atomic E-state index is 12.4. The highest BCUT2D eigenvalue weighted by Crippen LogP contribution is 2.13. The summed E-state index contributed by atoms with van der Waals surface area (Å²) in [5, 5.41) is 10.1. The van der Waals surface area contributed by atoms with Crippen molar-refractivity contribution in [3.63, 3.8) is 0 Å². The number of ether oxygens (including phenoxy) is 1. The van der Waals surface area contributed by atoms with Crippen molar-refractivity contribution in [2.24, 2.45) is 0 Å². The van der Waals surface area contributed by atoms with Gasteiger partial charge in [0.2, 0.25) is 11.8 Å². The summed E-state index contributed by atoms with van der Waals surface area (Å²) in [6, 6.07) is 0. The van der Waals surface area contributed by atoms with Gasteiger partial charge in [0.1, 0.15) is 6.61 Å². The second-order valence-corrected chi connectivity index (χ2v) is 7.78. The molecular weight excluding hydrogens is 358 g/mol. The third-order valence-corrected chi connectivity index (χ3v) is 4.33. The third kappa shape index (κ3) is 4.88. The van der Waals surface area contributed by atoms with Crippen LogP contribution < -0.4 is 0 Å². The van der Waals surface area contributed by atoms with Crippen molar-refractivity contribution >= 4 is 12.2 Å². The molecule has 150 valence electrons. The standard InChI is InChI=1S/C20H28N5O3/c1-11-12(2)24-18(15(5)21-11)19(26)28-10-17-14(4)22-16(13(3)23-17)9-25(27)20(6,7)8/h9,27H,10H2,1-8H3/q+1. The second kappa shape index (κ2) is 8.00. The topological polar surface area (TPSA) is 101 Å². The Morgan fingerprint density at radius 2 is 1.54 bits per heavy atom. The highest BCUT2D eigenvalue weighted by atomic mass is 16.5. The van der Waals surface area contributed by atoms with Crippen molar-refractivity contribution in [3.8, 4) is 0 Å². The Morgan fingerprint density at radius 3 is 2.14 bits per heavy atom. The summed E-state index contributed by atoms with van der Waals surface area (Å²) >= 11 is 0. The van der Waals surface area contributed by atoms with E-state index < -0.39 is 11.5 Å². The molecule has 0 saturated carbocycles. The SMILES string of the molecule is Cc1nc(C)c(C(=O)OCc2nc(C)c(/C=[N+](\O)C(C)(C)C)nc2C)nc1C. The molecule has 0 fully saturated rings. The van der Waals surface area contributed by atoms with Crippen LogP contribution in [0, 0.1) is 34.6 Å². The molecule has 0 aliphatic rings. The Kier molecular flexibility index (Phi) is 6.11. The lowest BCUT2D eigenvalue weighted by Crippen LogP contribution is -2.31. The number of esters is 1. The highest BCUT2D eigenvalue weighted by Gasteiger charge is 2.25. The number of aromatic nitrogens is 4. The normalized spacial score (nSPS) is 12.2. The minimum atomic E-state index is -0.545. The third-order valence-electron chi connectivity index (χ3n) is 4.33. The largest absolute Gasteiger partial charge is 0.454 e. The van der Waals surface area contributed by atoms with E-state index in [2.05, 4.69) is 19.9 Å². The number of hydroxylamine groups is 1. The molecule has 8 heteroatoms. The fraction of sp³-hybridized carbons (Fsp3) is 0.500. The molecule has 0 bridgehead atoms. The van der Waals surface area contributed by atoms with Crippen LogP contribution in [0.1, 0.15) is 71.1 Å². The zero-order valence-electron chi connectivity index (χ0n) is 17.8. The number of rotatable bonds is 4. The lowest BCUT2D eigenvalue weighted by Gasteiger charge is -2.11. The second-order valence-electron chi connectivity index (χ2n) is 7.78. The number of carbonyl (C=O) groups is 1. The van der Waals surface area contributed by atoms with Gasteiger partial charge in [-0.2, -0.15) is 0 Å². The van der Waals surface area contributed by atoms with E-state index in [4.69, 9.17) is 4.74 Å². The molecule has 0 aliphatic heterocycles. The fourth-order valence-corrected chi connectivity index (χ4v) is 2.35. The van der Waals surface area contributed by atoms with Crippen molar-refractivity contribution in [2.45, 2.75) is 67.5 Å². The average Bonchev–Trinajstić information content (AvgIpc) is 2.58. The first kappa shape index (κ1) is 21.4. The lowest BCUT2D eigenvalue weighted by atomic mass is 10.1. The number of aryl methyl sites for hydroxylation is 5. The molecule has 0 atom stereocenters. The summed E-state index contributed by atoms with van der Waals surface area (Å²) in [7, 11) is 0. The Hall–Kier alpha value is -2.90. The van der Waals surface area contributed by atoms with Gasteiger partial charge < -0.3 is 4.74 Å². The van der Waals surface area contributed by atoms with Crippen molar-refractivity contribution in [2.75, 3.05) is 0 Å². The van der Waals surface area contributed by atoms with E-state index in [9.17, 15) is 10.0 Å². The van der Waals surface area contributed by atoms with E-state index in [0.717, 1.165) is 10.4 Å². The minimum absolute atomic E-state index is 0.0189. The number of nitrogens with zero attached hydrogens (tertiary/aromatic N) is 5. The van der Waals surface area contributed by atoms with Gasteiger partial charge in [-0.25, -0.2) is 14.8 Å². The van der Waals surface area contributed by atoms with E-state index in [0.29, 0.717) is 34.2 Å². The van der Waals surface area contributed by atoms with Crippen molar-refractivity contribution in [1.29, 1.82) is 0 Å². The Balaban J connectivity index is 2.21. The van der Waals surface area contributed by atoms with E-state index >= 15 is 0 Å². The molecule has 0 amide bonds. The van der Waals surface area contributed by atoms with Crippen molar-refractivity contribution in [3.05, 3.63) is 45.6 Å².